The molecule has 0 aliphatic heterocycles. The number of carbonyl (C=O) groups is 1. The number of nitrogens with zero attached hydrogens (tertiary/aromatic N) is 2. The first-order chi connectivity index (χ1) is 15.6. The molecule has 0 saturated heterocycles. The van der Waals surface area contributed by atoms with Crippen molar-refractivity contribution in [1.29, 1.82) is 0 Å². The predicted octanol–water partition coefficient (Wildman–Crippen LogP) is 7.25. The summed E-state index contributed by atoms with van der Waals surface area (Å²) in [7, 11) is 0. The Labute approximate surface area is 195 Å². The van der Waals surface area contributed by atoms with Crippen molar-refractivity contribution in [3.8, 4) is 16.9 Å². The number of aromatic nitrogens is 2. The van der Waals surface area contributed by atoms with Crippen LogP contribution in [0.1, 0.15) is 10.5 Å². The number of para-hydroxylation sites is 1. The Hall–Kier alpha value is -3.60. The molecule has 0 atom stereocenters. The van der Waals surface area contributed by atoms with Crippen LogP contribution in [-0.4, -0.2) is 15.7 Å². The van der Waals surface area contributed by atoms with Crippen LogP contribution < -0.4 is 5.32 Å². The van der Waals surface area contributed by atoms with Gasteiger partial charge in [0.2, 0.25) is 0 Å². The Kier molecular flexibility index (Phi) is 5.39. The highest BCUT2D eigenvalue weighted by molar-refractivity contribution is 6.42. The third-order valence-electron chi connectivity index (χ3n) is 5.19. The lowest BCUT2D eigenvalue weighted by atomic mass is 10.0. The topological polar surface area (TPSA) is 46.9 Å². The molecule has 1 N–H and O–H groups in total. The summed E-state index contributed by atoms with van der Waals surface area (Å²) >= 11 is 12.1. The van der Waals surface area contributed by atoms with E-state index in [0.29, 0.717) is 21.4 Å². The van der Waals surface area contributed by atoms with Gasteiger partial charge in [-0.15, -0.1) is 0 Å². The van der Waals surface area contributed by atoms with Crippen LogP contribution in [0.25, 0.3) is 27.7 Å². The molecule has 5 rings (SSSR count). The number of amides is 1. The number of nitrogens with one attached hydrogen (secondary N) is 1. The normalized spacial score (nSPS) is 10.9. The summed E-state index contributed by atoms with van der Waals surface area (Å²) in [5.41, 5.74) is 3.53. The van der Waals surface area contributed by atoms with Crippen molar-refractivity contribution in [2.45, 2.75) is 0 Å². The Balaban J connectivity index is 1.62. The van der Waals surface area contributed by atoms with E-state index >= 15 is 0 Å². The molecular weight excluding hydrogens is 441 g/mol. The minimum absolute atomic E-state index is 0.294. The lowest BCUT2D eigenvalue weighted by Gasteiger charge is -2.10. The van der Waals surface area contributed by atoms with Crippen molar-refractivity contribution < 1.29 is 4.79 Å². The van der Waals surface area contributed by atoms with Gasteiger partial charge in [-0.2, -0.15) is 5.10 Å². The third-order valence-corrected chi connectivity index (χ3v) is 5.92. The van der Waals surface area contributed by atoms with Gasteiger partial charge in [-0.3, -0.25) is 4.79 Å². The lowest BCUT2D eigenvalue weighted by molar-refractivity contribution is 0.102. The summed E-state index contributed by atoms with van der Waals surface area (Å²) in [6.45, 7) is 0. The monoisotopic (exact) mass is 457 g/mol. The highest BCUT2D eigenvalue weighted by Crippen LogP contribution is 2.31. The molecule has 5 aromatic rings. The van der Waals surface area contributed by atoms with E-state index in [1.165, 1.54) is 0 Å². The third kappa shape index (κ3) is 3.86. The fraction of sp³-hybridized carbons (Fsp3) is 0. The number of halogens is 2. The van der Waals surface area contributed by atoms with E-state index in [-0.39, 0.29) is 5.91 Å². The van der Waals surface area contributed by atoms with Crippen LogP contribution in [0.3, 0.4) is 0 Å². The summed E-state index contributed by atoms with van der Waals surface area (Å²) in [4.78, 5) is 13.0. The summed E-state index contributed by atoms with van der Waals surface area (Å²) in [6, 6.07) is 30.8. The van der Waals surface area contributed by atoms with Gasteiger partial charge in [-0.05, 0) is 47.2 Å². The van der Waals surface area contributed by atoms with E-state index in [1.807, 2.05) is 60.7 Å². The highest BCUT2D eigenvalue weighted by Gasteiger charge is 2.18. The van der Waals surface area contributed by atoms with Crippen molar-refractivity contribution in [2.24, 2.45) is 0 Å². The maximum Gasteiger partial charge on any atom is 0.276 e. The molecule has 0 unspecified atom stereocenters. The quantitative estimate of drug-likeness (QED) is 0.308. The molecule has 32 heavy (non-hydrogen) atoms. The summed E-state index contributed by atoms with van der Waals surface area (Å²) < 4.78 is 1.80. The number of rotatable bonds is 4. The molecule has 1 heterocycles. The first-order valence-corrected chi connectivity index (χ1v) is 10.8. The average Bonchev–Trinajstić information content (AvgIpc) is 3.27. The van der Waals surface area contributed by atoms with Crippen LogP contribution >= 0.6 is 23.2 Å². The first kappa shape index (κ1) is 20.3. The summed E-state index contributed by atoms with van der Waals surface area (Å²) in [6.07, 6.45) is 0. The van der Waals surface area contributed by atoms with Gasteiger partial charge in [0.05, 0.1) is 21.4 Å². The second-order valence-corrected chi connectivity index (χ2v) is 8.09. The molecule has 0 aliphatic rings. The first-order valence-electron chi connectivity index (χ1n) is 10.0. The zero-order valence-electron chi connectivity index (χ0n) is 16.8. The van der Waals surface area contributed by atoms with E-state index < -0.39 is 0 Å². The van der Waals surface area contributed by atoms with Crippen LogP contribution in [-0.2, 0) is 0 Å². The summed E-state index contributed by atoms with van der Waals surface area (Å²) in [5.74, 6) is -0.334. The van der Waals surface area contributed by atoms with Gasteiger partial charge in [-0.1, -0.05) is 83.9 Å². The van der Waals surface area contributed by atoms with Crippen LogP contribution in [0, 0.1) is 0 Å². The fourth-order valence-corrected chi connectivity index (χ4v) is 3.97. The fourth-order valence-electron chi connectivity index (χ4n) is 3.67. The molecule has 156 valence electrons. The molecule has 1 aromatic heterocycles. The molecule has 1 amide bonds. The molecule has 0 radical (unpaired) electrons. The van der Waals surface area contributed by atoms with Crippen molar-refractivity contribution in [3.63, 3.8) is 0 Å². The highest BCUT2D eigenvalue weighted by atomic mass is 35.5. The SMILES string of the molecule is O=C(Nc1ccc(Cl)c(Cl)c1)c1cc(-c2cccc3ccccc23)n(-c2ccccc2)n1. The number of benzene rings is 4. The number of hydrogen-bond donors (Lipinski definition) is 1. The average molecular weight is 458 g/mol. The maximum atomic E-state index is 13.0. The Morgan fingerprint density at radius 1 is 0.781 bits per heavy atom. The number of hydrogen-bond acceptors (Lipinski definition) is 2. The van der Waals surface area contributed by atoms with Crippen LogP contribution in [0.5, 0.6) is 0 Å². The zero-order valence-corrected chi connectivity index (χ0v) is 18.3. The summed E-state index contributed by atoms with van der Waals surface area (Å²) in [5, 5.41) is 10.5. The number of carbonyl (C=O) groups excluding carboxylic acids is 1. The standard InChI is InChI=1S/C26H17Cl2N3O/c27-22-14-13-18(15-23(22)28)29-26(32)24-16-25(31(30-24)19-9-2-1-3-10-19)21-12-6-8-17-7-4-5-11-20(17)21/h1-16H,(H,29,32). The molecule has 0 aliphatic carbocycles. The van der Waals surface area contributed by atoms with E-state index in [1.54, 1.807) is 22.9 Å². The van der Waals surface area contributed by atoms with Crippen LogP contribution in [0.4, 0.5) is 5.69 Å². The Morgan fingerprint density at radius 3 is 2.34 bits per heavy atom. The number of anilines is 1. The van der Waals surface area contributed by atoms with Gasteiger partial charge in [0.25, 0.3) is 5.91 Å². The van der Waals surface area contributed by atoms with Crippen molar-refractivity contribution in [1.82, 2.24) is 9.78 Å². The van der Waals surface area contributed by atoms with Crippen molar-refractivity contribution >= 4 is 45.6 Å². The molecule has 6 heteroatoms. The van der Waals surface area contributed by atoms with Gasteiger partial charge >= 0.3 is 0 Å². The molecule has 0 fully saturated rings. The molecule has 4 nitrogen and oxygen atoms in total. The largest absolute Gasteiger partial charge is 0.321 e. The molecule has 4 aromatic carbocycles. The lowest BCUT2D eigenvalue weighted by Crippen LogP contribution is -2.13. The second kappa shape index (κ2) is 8.50. The van der Waals surface area contributed by atoms with Gasteiger partial charge in [0.15, 0.2) is 5.69 Å². The van der Waals surface area contributed by atoms with Gasteiger partial charge < -0.3 is 5.32 Å². The molecule has 0 bridgehead atoms. The van der Waals surface area contributed by atoms with Crippen molar-refractivity contribution in [2.75, 3.05) is 5.32 Å². The van der Waals surface area contributed by atoms with Crippen LogP contribution in [0.15, 0.2) is 97.1 Å². The van der Waals surface area contributed by atoms with Gasteiger partial charge in [0, 0.05) is 11.3 Å². The minimum atomic E-state index is -0.334. The zero-order chi connectivity index (χ0) is 22.1. The van der Waals surface area contributed by atoms with Gasteiger partial charge in [-0.25, -0.2) is 4.68 Å². The van der Waals surface area contributed by atoms with E-state index in [2.05, 4.69) is 28.6 Å². The molecule has 0 spiro atoms. The van der Waals surface area contributed by atoms with E-state index in [4.69, 9.17) is 23.2 Å². The minimum Gasteiger partial charge on any atom is -0.321 e. The predicted molar refractivity (Wildman–Crippen MR) is 131 cm³/mol. The van der Waals surface area contributed by atoms with E-state index in [0.717, 1.165) is 27.7 Å². The number of fused-ring (bicyclic) bond motifs is 1. The van der Waals surface area contributed by atoms with Gasteiger partial charge in [0.1, 0.15) is 0 Å². The Bertz CT molecular complexity index is 1440. The smallest absolute Gasteiger partial charge is 0.276 e. The maximum absolute atomic E-state index is 13.0. The Morgan fingerprint density at radius 2 is 1.53 bits per heavy atom. The van der Waals surface area contributed by atoms with Crippen molar-refractivity contribution in [3.05, 3.63) is 113 Å². The van der Waals surface area contributed by atoms with Crippen LogP contribution in [0.2, 0.25) is 10.0 Å². The molecular formula is C26H17Cl2N3O. The molecule has 0 saturated carbocycles. The van der Waals surface area contributed by atoms with E-state index in [9.17, 15) is 4.79 Å². The second-order valence-electron chi connectivity index (χ2n) is 7.27.